The molecule has 3 heterocycles. The van der Waals surface area contributed by atoms with E-state index in [0.717, 1.165) is 11.2 Å². The maximum atomic E-state index is 12.7. The molecule has 5 aromatic rings. The number of aromatic nitrogens is 4. The fourth-order valence-corrected chi connectivity index (χ4v) is 3.58. The van der Waals surface area contributed by atoms with Crippen LogP contribution in [0.4, 0.5) is 11.5 Å². The van der Waals surface area contributed by atoms with E-state index >= 15 is 0 Å². The number of rotatable bonds is 4. The lowest BCUT2D eigenvalue weighted by Crippen LogP contribution is -2.12. The van der Waals surface area contributed by atoms with Crippen molar-refractivity contribution >= 4 is 28.6 Å². The van der Waals surface area contributed by atoms with Gasteiger partial charge in [0.15, 0.2) is 11.5 Å². The van der Waals surface area contributed by atoms with Crippen LogP contribution in [-0.4, -0.2) is 25.4 Å². The number of benzene rings is 2. The topological polar surface area (TPSA) is 123 Å². The summed E-state index contributed by atoms with van der Waals surface area (Å²) in [4.78, 5) is 26.1. The molecule has 5 rings (SSSR count). The first-order valence-electron chi connectivity index (χ1n) is 10.1. The van der Waals surface area contributed by atoms with Crippen LogP contribution in [0.2, 0.25) is 0 Å². The van der Waals surface area contributed by atoms with Crippen molar-refractivity contribution in [3.05, 3.63) is 96.3 Å². The van der Waals surface area contributed by atoms with Gasteiger partial charge < -0.3 is 11.1 Å². The van der Waals surface area contributed by atoms with Crippen LogP contribution in [0.5, 0.6) is 0 Å². The van der Waals surface area contributed by atoms with Crippen molar-refractivity contribution in [2.45, 2.75) is 0 Å². The molecular formula is C25H17N7O. The van der Waals surface area contributed by atoms with Gasteiger partial charge in [-0.1, -0.05) is 6.07 Å². The first kappa shape index (κ1) is 19.9. The smallest absolute Gasteiger partial charge is 0.255 e. The van der Waals surface area contributed by atoms with Crippen LogP contribution in [0.15, 0.2) is 85.2 Å². The van der Waals surface area contributed by atoms with Gasteiger partial charge in [0.1, 0.15) is 11.3 Å². The van der Waals surface area contributed by atoms with Gasteiger partial charge in [0.2, 0.25) is 0 Å². The fraction of sp³-hybridized carbons (Fsp3) is 0. The number of nitrogens with zero attached hydrogens (tertiary/aromatic N) is 5. The Morgan fingerprint density at radius 3 is 2.55 bits per heavy atom. The zero-order chi connectivity index (χ0) is 22.8. The molecule has 8 nitrogen and oxygen atoms in total. The van der Waals surface area contributed by atoms with Gasteiger partial charge in [-0.25, -0.2) is 15.0 Å². The second kappa shape index (κ2) is 8.24. The molecule has 2 aromatic carbocycles. The highest BCUT2D eigenvalue weighted by Crippen LogP contribution is 2.30. The Kier molecular flexibility index (Phi) is 4.97. The molecule has 8 heteroatoms. The van der Waals surface area contributed by atoms with Crippen molar-refractivity contribution in [1.29, 1.82) is 5.26 Å². The molecule has 0 aliphatic rings. The standard InChI is InChI=1S/C25H17N7O/c26-15-16-4-1-5-18(14-16)30-25(33)17-8-10-19(11-9-17)32-23(20-6-2-12-28-22(20)27)31-21-7-3-13-29-24(21)32/h1-14H,(H2,27,28)(H,30,33). The molecule has 158 valence electrons. The van der Waals surface area contributed by atoms with Gasteiger partial charge in [-0.15, -0.1) is 0 Å². The first-order chi connectivity index (χ1) is 16.1. The normalized spacial score (nSPS) is 10.6. The van der Waals surface area contributed by atoms with Crippen molar-refractivity contribution in [2.24, 2.45) is 0 Å². The minimum Gasteiger partial charge on any atom is -0.383 e. The summed E-state index contributed by atoms with van der Waals surface area (Å²) in [6, 6.07) is 23.3. The highest BCUT2D eigenvalue weighted by atomic mass is 16.1. The SMILES string of the molecule is N#Cc1cccc(NC(=O)c2ccc(-n3c(-c4cccnc4N)nc4cccnc43)cc2)c1. The van der Waals surface area contributed by atoms with Crippen LogP contribution in [0.3, 0.4) is 0 Å². The van der Waals surface area contributed by atoms with E-state index in [1.807, 2.05) is 34.9 Å². The fourth-order valence-electron chi connectivity index (χ4n) is 3.58. The number of pyridine rings is 2. The molecule has 0 saturated carbocycles. The first-order valence-corrected chi connectivity index (χ1v) is 10.1. The van der Waals surface area contributed by atoms with E-state index in [4.69, 9.17) is 16.0 Å². The zero-order valence-electron chi connectivity index (χ0n) is 17.3. The average Bonchev–Trinajstić information content (AvgIpc) is 3.24. The Morgan fingerprint density at radius 1 is 0.970 bits per heavy atom. The van der Waals surface area contributed by atoms with Gasteiger partial charge in [0.25, 0.3) is 5.91 Å². The zero-order valence-corrected chi connectivity index (χ0v) is 17.3. The average molecular weight is 431 g/mol. The maximum Gasteiger partial charge on any atom is 0.255 e. The Hall–Kier alpha value is -5.03. The predicted molar refractivity (Wildman–Crippen MR) is 126 cm³/mol. The molecule has 0 radical (unpaired) electrons. The molecule has 0 aliphatic carbocycles. The lowest BCUT2D eigenvalue weighted by atomic mass is 10.1. The number of nitrogens with two attached hydrogens (primary N) is 1. The summed E-state index contributed by atoms with van der Waals surface area (Å²) < 4.78 is 1.89. The minimum absolute atomic E-state index is 0.276. The van der Waals surface area contributed by atoms with Crippen molar-refractivity contribution in [3.63, 3.8) is 0 Å². The number of fused-ring (bicyclic) bond motifs is 1. The molecule has 0 atom stereocenters. The molecule has 0 aliphatic heterocycles. The molecule has 0 spiro atoms. The van der Waals surface area contributed by atoms with E-state index < -0.39 is 0 Å². The van der Waals surface area contributed by atoms with Crippen molar-refractivity contribution < 1.29 is 4.79 Å². The van der Waals surface area contributed by atoms with Crippen LogP contribution < -0.4 is 11.1 Å². The van der Waals surface area contributed by atoms with Gasteiger partial charge in [-0.05, 0) is 66.7 Å². The maximum absolute atomic E-state index is 12.7. The Balaban J connectivity index is 1.52. The number of nitrogens with one attached hydrogen (secondary N) is 1. The van der Waals surface area contributed by atoms with Gasteiger partial charge in [0, 0.05) is 29.3 Å². The number of hydrogen-bond acceptors (Lipinski definition) is 6. The number of amides is 1. The lowest BCUT2D eigenvalue weighted by molar-refractivity contribution is 0.102. The number of carbonyl (C=O) groups is 1. The van der Waals surface area contributed by atoms with Gasteiger partial charge in [-0.2, -0.15) is 5.26 Å². The molecule has 0 bridgehead atoms. The van der Waals surface area contributed by atoms with Crippen LogP contribution >= 0.6 is 0 Å². The van der Waals surface area contributed by atoms with E-state index in [1.54, 1.807) is 54.9 Å². The molecule has 0 saturated heterocycles. The highest BCUT2D eigenvalue weighted by molar-refractivity contribution is 6.04. The van der Waals surface area contributed by atoms with E-state index in [0.29, 0.717) is 39.7 Å². The number of carbonyl (C=O) groups excluding carboxylic acids is 1. The summed E-state index contributed by atoms with van der Waals surface area (Å²) in [5.41, 5.74) is 10.5. The Morgan fingerprint density at radius 2 is 1.76 bits per heavy atom. The van der Waals surface area contributed by atoms with Crippen LogP contribution in [-0.2, 0) is 0 Å². The molecule has 0 unspecified atom stereocenters. The third-order valence-electron chi connectivity index (χ3n) is 5.13. The Labute approximate surface area is 189 Å². The van der Waals surface area contributed by atoms with Crippen molar-refractivity contribution in [3.8, 4) is 23.1 Å². The summed E-state index contributed by atoms with van der Waals surface area (Å²) >= 11 is 0. The third kappa shape index (κ3) is 3.75. The summed E-state index contributed by atoms with van der Waals surface area (Å²) in [6.07, 6.45) is 3.33. The molecule has 3 aromatic heterocycles. The van der Waals surface area contributed by atoms with Crippen LogP contribution in [0.25, 0.3) is 28.2 Å². The minimum atomic E-state index is -0.276. The van der Waals surface area contributed by atoms with Crippen LogP contribution in [0.1, 0.15) is 15.9 Å². The van der Waals surface area contributed by atoms with Crippen molar-refractivity contribution in [1.82, 2.24) is 19.5 Å². The summed E-state index contributed by atoms with van der Waals surface area (Å²) in [5.74, 6) is 0.700. The number of hydrogen-bond donors (Lipinski definition) is 2. The van der Waals surface area contributed by atoms with E-state index in [2.05, 4.69) is 21.4 Å². The molecule has 3 N–H and O–H groups in total. The van der Waals surface area contributed by atoms with Gasteiger partial charge >= 0.3 is 0 Å². The van der Waals surface area contributed by atoms with E-state index in [9.17, 15) is 4.79 Å². The number of nitriles is 1. The van der Waals surface area contributed by atoms with Crippen LogP contribution in [0, 0.1) is 11.3 Å². The summed E-state index contributed by atoms with van der Waals surface area (Å²) in [6.45, 7) is 0. The molecule has 0 fully saturated rings. The van der Waals surface area contributed by atoms with Gasteiger partial charge in [0.05, 0.1) is 17.2 Å². The third-order valence-corrected chi connectivity index (χ3v) is 5.13. The van der Waals surface area contributed by atoms with E-state index in [1.165, 1.54) is 0 Å². The summed E-state index contributed by atoms with van der Waals surface area (Å²) in [7, 11) is 0. The second-order valence-corrected chi connectivity index (χ2v) is 7.25. The Bertz CT molecular complexity index is 1530. The lowest BCUT2D eigenvalue weighted by Gasteiger charge is -2.11. The molecule has 33 heavy (non-hydrogen) atoms. The number of nitrogen functional groups attached to an aromatic ring is 1. The quantitative estimate of drug-likeness (QED) is 0.440. The highest BCUT2D eigenvalue weighted by Gasteiger charge is 2.18. The predicted octanol–water partition coefficient (Wildman–Crippen LogP) is 4.19. The number of imidazole rings is 1. The second-order valence-electron chi connectivity index (χ2n) is 7.25. The van der Waals surface area contributed by atoms with Gasteiger partial charge in [-0.3, -0.25) is 9.36 Å². The number of anilines is 2. The van der Waals surface area contributed by atoms with Crippen molar-refractivity contribution in [2.75, 3.05) is 11.1 Å². The summed E-state index contributed by atoms with van der Waals surface area (Å²) in [5, 5.41) is 11.9. The molecule has 1 amide bonds. The van der Waals surface area contributed by atoms with E-state index in [-0.39, 0.29) is 5.91 Å². The molecular weight excluding hydrogens is 414 g/mol. The largest absolute Gasteiger partial charge is 0.383 e. The monoisotopic (exact) mass is 431 g/mol.